The van der Waals surface area contributed by atoms with E-state index in [0.717, 1.165) is 44.5 Å². The molecule has 0 spiro atoms. The highest BCUT2D eigenvalue weighted by atomic mass is 16.5. The minimum atomic E-state index is -0.875. The number of amides is 1. The SMILES string of the molecule is COC(=O)[C@@H]1C[C@H](NCc2ccc(-c3ccccc3-c3nnnn3C(c3ccccc3)(c3ccccc3)c3ccccc3)cc2)CN1C(=O)Cc1ccccc1. The lowest BCUT2D eigenvalue weighted by molar-refractivity contribution is -0.150. The maximum Gasteiger partial charge on any atom is 0.328 e. The molecule has 1 aliphatic heterocycles. The lowest BCUT2D eigenvalue weighted by atomic mass is 9.77. The number of ether oxygens (including phenoxy) is 1. The molecule has 0 saturated carbocycles. The Bertz CT molecular complexity index is 2290. The van der Waals surface area contributed by atoms with E-state index in [1.165, 1.54) is 7.11 Å². The predicted molar refractivity (Wildman–Crippen MR) is 216 cm³/mol. The third kappa shape index (κ3) is 7.12. The normalized spacial score (nSPS) is 15.4. The highest BCUT2D eigenvalue weighted by Gasteiger charge is 2.42. The van der Waals surface area contributed by atoms with Crippen molar-refractivity contribution in [3.05, 3.63) is 198 Å². The van der Waals surface area contributed by atoms with Gasteiger partial charge in [0.1, 0.15) is 11.6 Å². The fourth-order valence-electron chi connectivity index (χ4n) is 7.97. The number of nitrogens with zero attached hydrogens (tertiary/aromatic N) is 5. The molecule has 7 aromatic rings. The predicted octanol–water partition coefficient (Wildman–Crippen LogP) is 7.32. The molecule has 0 bridgehead atoms. The zero-order valence-electron chi connectivity index (χ0n) is 31.1. The van der Waals surface area contributed by atoms with Gasteiger partial charge in [-0.05, 0) is 55.8 Å². The molecule has 56 heavy (non-hydrogen) atoms. The van der Waals surface area contributed by atoms with E-state index in [1.54, 1.807) is 4.90 Å². The second-order valence-corrected chi connectivity index (χ2v) is 14.0. The fourth-order valence-corrected chi connectivity index (χ4v) is 7.97. The van der Waals surface area contributed by atoms with E-state index in [2.05, 4.69) is 120 Å². The van der Waals surface area contributed by atoms with Crippen LogP contribution in [0.2, 0.25) is 0 Å². The summed E-state index contributed by atoms with van der Waals surface area (Å²) in [6.45, 7) is 1.01. The average molecular weight is 739 g/mol. The number of benzene rings is 6. The Labute approximate surface area is 326 Å². The van der Waals surface area contributed by atoms with Gasteiger partial charge in [0.25, 0.3) is 0 Å². The van der Waals surface area contributed by atoms with Crippen LogP contribution in [0, 0.1) is 0 Å². The van der Waals surface area contributed by atoms with Crippen molar-refractivity contribution in [2.75, 3.05) is 13.7 Å². The van der Waals surface area contributed by atoms with Gasteiger partial charge < -0.3 is 15.0 Å². The van der Waals surface area contributed by atoms with Gasteiger partial charge in [0, 0.05) is 24.7 Å². The molecule has 1 fully saturated rings. The lowest BCUT2D eigenvalue weighted by Crippen LogP contribution is -2.42. The third-order valence-electron chi connectivity index (χ3n) is 10.7. The van der Waals surface area contributed by atoms with Gasteiger partial charge in [-0.3, -0.25) is 4.79 Å². The van der Waals surface area contributed by atoms with Crippen molar-refractivity contribution in [1.82, 2.24) is 30.4 Å². The summed E-state index contributed by atoms with van der Waals surface area (Å²) < 4.78 is 7.05. The lowest BCUT2D eigenvalue weighted by Gasteiger charge is -2.36. The molecular formula is C47H42N6O3. The molecule has 0 unspecified atom stereocenters. The summed E-state index contributed by atoms with van der Waals surface area (Å²) in [5, 5.41) is 17.4. The Balaban J connectivity index is 1.07. The first-order valence-electron chi connectivity index (χ1n) is 18.8. The fraction of sp³-hybridized carbons (Fsp3) is 0.170. The van der Waals surface area contributed by atoms with E-state index in [9.17, 15) is 9.59 Å². The van der Waals surface area contributed by atoms with Gasteiger partial charge in [-0.2, -0.15) is 0 Å². The summed E-state index contributed by atoms with van der Waals surface area (Å²) in [4.78, 5) is 27.7. The number of hydrogen-bond acceptors (Lipinski definition) is 7. The first-order valence-corrected chi connectivity index (χ1v) is 18.8. The third-order valence-corrected chi connectivity index (χ3v) is 10.7. The van der Waals surface area contributed by atoms with E-state index in [-0.39, 0.29) is 18.4 Å². The van der Waals surface area contributed by atoms with E-state index in [1.807, 2.05) is 65.3 Å². The molecule has 0 radical (unpaired) electrons. The van der Waals surface area contributed by atoms with Crippen molar-refractivity contribution in [3.63, 3.8) is 0 Å². The molecule has 1 aromatic heterocycles. The van der Waals surface area contributed by atoms with E-state index in [4.69, 9.17) is 15.0 Å². The molecule has 1 N–H and O–H groups in total. The number of likely N-dealkylation sites (tertiary alicyclic amines) is 1. The van der Waals surface area contributed by atoms with Gasteiger partial charge in [-0.15, -0.1) is 5.10 Å². The minimum absolute atomic E-state index is 0.0582. The average Bonchev–Trinajstić information content (AvgIpc) is 3.94. The van der Waals surface area contributed by atoms with Crippen molar-refractivity contribution in [2.45, 2.75) is 37.0 Å². The summed E-state index contributed by atoms with van der Waals surface area (Å²) in [6.07, 6.45) is 0.728. The Morgan fingerprint density at radius 1 is 0.679 bits per heavy atom. The van der Waals surface area contributed by atoms with E-state index >= 15 is 0 Å². The second-order valence-electron chi connectivity index (χ2n) is 14.0. The first-order chi connectivity index (χ1) is 27.6. The van der Waals surface area contributed by atoms with E-state index < -0.39 is 17.6 Å². The molecular weight excluding hydrogens is 697 g/mol. The Hall–Kier alpha value is -6.71. The molecule has 2 heterocycles. The summed E-state index contributed by atoms with van der Waals surface area (Å²) in [6, 6.07) is 56.7. The van der Waals surface area contributed by atoms with Crippen molar-refractivity contribution >= 4 is 11.9 Å². The second kappa shape index (κ2) is 16.3. The van der Waals surface area contributed by atoms with Gasteiger partial charge >= 0.3 is 5.97 Å². The topological polar surface area (TPSA) is 102 Å². The van der Waals surface area contributed by atoms with Crippen molar-refractivity contribution < 1.29 is 14.3 Å². The molecule has 2 atom stereocenters. The maximum atomic E-state index is 13.3. The van der Waals surface area contributed by atoms with Crippen LogP contribution < -0.4 is 5.32 Å². The van der Waals surface area contributed by atoms with Crippen LogP contribution in [0.4, 0.5) is 0 Å². The van der Waals surface area contributed by atoms with Crippen LogP contribution in [0.25, 0.3) is 22.5 Å². The zero-order chi connectivity index (χ0) is 38.3. The van der Waals surface area contributed by atoms with Crippen LogP contribution in [-0.4, -0.2) is 62.7 Å². The number of methoxy groups -OCH3 is 1. The highest BCUT2D eigenvalue weighted by Crippen LogP contribution is 2.43. The van der Waals surface area contributed by atoms with Gasteiger partial charge in [-0.25, -0.2) is 9.48 Å². The van der Waals surface area contributed by atoms with Crippen molar-refractivity contribution in [3.8, 4) is 22.5 Å². The van der Waals surface area contributed by atoms with Gasteiger partial charge in [0.15, 0.2) is 5.82 Å². The number of nitrogens with one attached hydrogen (secondary N) is 1. The number of esters is 1. The van der Waals surface area contributed by atoms with E-state index in [0.29, 0.717) is 25.3 Å². The quantitative estimate of drug-likeness (QED) is 0.104. The number of carbonyl (C=O) groups excluding carboxylic acids is 2. The Morgan fingerprint density at radius 2 is 1.21 bits per heavy atom. The van der Waals surface area contributed by atoms with Gasteiger partial charge in [-0.1, -0.05) is 170 Å². The number of hydrogen-bond donors (Lipinski definition) is 1. The monoisotopic (exact) mass is 738 g/mol. The van der Waals surface area contributed by atoms with Crippen LogP contribution in [0.3, 0.4) is 0 Å². The zero-order valence-corrected chi connectivity index (χ0v) is 31.1. The number of carbonyl (C=O) groups is 2. The molecule has 1 aliphatic rings. The molecule has 1 amide bonds. The Kier molecular flexibility index (Phi) is 10.6. The summed E-state index contributed by atoms with van der Waals surface area (Å²) in [7, 11) is 1.37. The number of aromatic nitrogens is 4. The molecule has 6 aromatic carbocycles. The molecule has 278 valence electrons. The first kappa shape index (κ1) is 36.3. The smallest absolute Gasteiger partial charge is 0.328 e. The molecule has 9 nitrogen and oxygen atoms in total. The summed E-state index contributed by atoms with van der Waals surface area (Å²) in [5.41, 5.74) is 7.13. The largest absolute Gasteiger partial charge is 0.467 e. The van der Waals surface area contributed by atoms with Crippen molar-refractivity contribution in [1.29, 1.82) is 0 Å². The summed E-state index contributed by atoms with van der Waals surface area (Å²) >= 11 is 0. The molecule has 1 saturated heterocycles. The molecule has 9 heteroatoms. The minimum Gasteiger partial charge on any atom is -0.467 e. The van der Waals surface area contributed by atoms with Gasteiger partial charge in [0.05, 0.1) is 13.5 Å². The van der Waals surface area contributed by atoms with Crippen LogP contribution in [0.15, 0.2) is 170 Å². The standard InChI is InChI=1S/C47H42N6O3/c1-56-46(55)43-31-40(33-52(43)44(54)30-34-16-6-2-7-17-34)48-32-35-26-28-36(29-27-35)41-24-14-15-25-42(41)45-49-50-51-53(45)47(37-18-8-3-9-19-37,38-20-10-4-11-21-38)39-22-12-5-13-23-39/h2-29,40,43,48H,30-33H2,1H3/t40-,43-/m0/s1. The van der Waals surface area contributed by atoms with Crippen LogP contribution in [0.5, 0.6) is 0 Å². The van der Waals surface area contributed by atoms with Crippen LogP contribution >= 0.6 is 0 Å². The number of rotatable bonds is 12. The van der Waals surface area contributed by atoms with Crippen molar-refractivity contribution in [2.24, 2.45) is 0 Å². The molecule has 8 rings (SSSR count). The number of tetrazole rings is 1. The van der Waals surface area contributed by atoms with Gasteiger partial charge in [0.2, 0.25) is 5.91 Å². The van der Waals surface area contributed by atoms with Crippen LogP contribution in [-0.2, 0) is 32.8 Å². The Morgan fingerprint density at radius 3 is 1.79 bits per heavy atom. The highest BCUT2D eigenvalue weighted by molar-refractivity contribution is 5.86. The molecule has 0 aliphatic carbocycles. The maximum absolute atomic E-state index is 13.3. The van der Waals surface area contributed by atoms with Crippen LogP contribution in [0.1, 0.15) is 34.2 Å². The summed E-state index contributed by atoms with van der Waals surface area (Å²) in [5.74, 6) is 0.160.